The van der Waals surface area contributed by atoms with Gasteiger partial charge in [0.1, 0.15) is 0 Å². The molecule has 6 heteroatoms. The molecule has 0 bridgehead atoms. The van der Waals surface area contributed by atoms with Crippen molar-refractivity contribution in [3.05, 3.63) is 18.0 Å². The lowest BCUT2D eigenvalue weighted by atomic mass is 9.73. The summed E-state index contributed by atoms with van der Waals surface area (Å²) < 4.78 is 1.86. The second-order valence-corrected chi connectivity index (χ2v) is 7.24. The molecule has 1 saturated heterocycles. The predicted molar refractivity (Wildman–Crippen MR) is 110 cm³/mol. The van der Waals surface area contributed by atoms with Crippen LogP contribution in [0.15, 0.2) is 17.4 Å². The summed E-state index contributed by atoms with van der Waals surface area (Å²) >= 11 is 0. The highest BCUT2D eigenvalue weighted by atomic mass is 127. The van der Waals surface area contributed by atoms with Gasteiger partial charge in [0.25, 0.3) is 0 Å². The minimum atomic E-state index is 0. The van der Waals surface area contributed by atoms with Crippen molar-refractivity contribution in [1.82, 2.24) is 20.0 Å². The van der Waals surface area contributed by atoms with E-state index >= 15 is 0 Å². The molecule has 2 heterocycles. The number of likely N-dealkylation sites (tertiary alicyclic amines) is 1. The Morgan fingerprint density at radius 2 is 2.08 bits per heavy atom. The fourth-order valence-corrected chi connectivity index (χ4v) is 4.14. The van der Waals surface area contributed by atoms with E-state index in [0.717, 1.165) is 25.5 Å². The van der Waals surface area contributed by atoms with Gasteiger partial charge in [0.2, 0.25) is 0 Å². The number of rotatable bonds is 4. The summed E-state index contributed by atoms with van der Waals surface area (Å²) in [6.45, 7) is 6.29. The number of hydrogen-bond donors (Lipinski definition) is 1. The highest BCUT2D eigenvalue weighted by Crippen LogP contribution is 2.43. The molecule has 1 spiro atoms. The van der Waals surface area contributed by atoms with Crippen LogP contribution in [-0.4, -0.2) is 46.8 Å². The zero-order valence-electron chi connectivity index (χ0n) is 15.1. The molecule has 0 atom stereocenters. The SMILES string of the molecule is CCNC(=NCCc1cnn(C)c1)N1CCC2(CCCCC2)C1.I. The molecule has 0 radical (unpaired) electrons. The topological polar surface area (TPSA) is 45.5 Å². The lowest BCUT2D eigenvalue weighted by Crippen LogP contribution is -2.41. The van der Waals surface area contributed by atoms with Crippen LogP contribution in [0, 0.1) is 5.41 Å². The van der Waals surface area contributed by atoms with Crippen molar-refractivity contribution < 1.29 is 0 Å². The fraction of sp³-hybridized carbons (Fsp3) is 0.778. The van der Waals surface area contributed by atoms with Gasteiger partial charge in [-0.3, -0.25) is 9.67 Å². The monoisotopic (exact) mass is 445 g/mol. The number of aromatic nitrogens is 2. The zero-order chi connectivity index (χ0) is 16.1. The molecule has 0 amide bonds. The number of guanidine groups is 1. The van der Waals surface area contributed by atoms with Gasteiger partial charge in [-0.25, -0.2) is 0 Å². The summed E-state index contributed by atoms with van der Waals surface area (Å²) in [5.74, 6) is 1.11. The summed E-state index contributed by atoms with van der Waals surface area (Å²) in [5.41, 5.74) is 1.84. The maximum Gasteiger partial charge on any atom is 0.193 e. The molecule has 1 saturated carbocycles. The number of aryl methyl sites for hydroxylation is 1. The van der Waals surface area contributed by atoms with Crippen LogP contribution in [0.25, 0.3) is 0 Å². The van der Waals surface area contributed by atoms with Crippen LogP contribution >= 0.6 is 24.0 Å². The van der Waals surface area contributed by atoms with E-state index in [4.69, 9.17) is 4.99 Å². The van der Waals surface area contributed by atoms with Gasteiger partial charge in [-0.15, -0.1) is 24.0 Å². The van der Waals surface area contributed by atoms with E-state index in [-0.39, 0.29) is 24.0 Å². The molecule has 0 aromatic carbocycles. The van der Waals surface area contributed by atoms with Crippen molar-refractivity contribution >= 4 is 29.9 Å². The van der Waals surface area contributed by atoms with E-state index in [0.29, 0.717) is 5.41 Å². The number of halogens is 1. The molecule has 5 nitrogen and oxygen atoms in total. The summed E-state index contributed by atoms with van der Waals surface area (Å²) in [7, 11) is 1.96. The van der Waals surface area contributed by atoms with Gasteiger partial charge in [-0.1, -0.05) is 19.3 Å². The van der Waals surface area contributed by atoms with Crippen molar-refractivity contribution in [3.8, 4) is 0 Å². The maximum atomic E-state index is 4.87. The largest absolute Gasteiger partial charge is 0.357 e. The van der Waals surface area contributed by atoms with Crippen molar-refractivity contribution in [2.24, 2.45) is 17.5 Å². The van der Waals surface area contributed by atoms with Gasteiger partial charge in [0.15, 0.2) is 5.96 Å². The third-order valence-electron chi connectivity index (χ3n) is 5.41. The van der Waals surface area contributed by atoms with Crippen LogP contribution in [0.4, 0.5) is 0 Å². The zero-order valence-corrected chi connectivity index (χ0v) is 17.5. The van der Waals surface area contributed by atoms with Crippen LogP contribution in [0.3, 0.4) is 0 Å². The molecule has 136 valence electrons. The minimum absolute atomic E-state index is 0. The Morgan fingerprint density at radius 3 is 2.75 bits per heavy atom. The van der Waals surface area contributed by atoms with Gasteiger partial charge in [0.05, 0.1) is 6.20 Å². The van der Waals surface area contributed by atoms with Gasteiger partial charge in [0, 0.05) is 39.4 Å². The molecule has 2 aliphatic rings. The molecule has 1 aliphatic carbocycles. The quantitative estimate of drug-likeness (QED) is 0.440. The number of nitrogens with one attached hydrogen (secondary N) is 1. The van der Waals surface area contributed by atoms with Gasteiger partial charge in [-0.05, 0) is 43.6 Å². The van der Waals surface area contributed by atoms with Crippen LogP contribution < -0.4 is 5.32 Å². The van der Waals surface area contributed by atoms with Gasteiger partial charge >= 0.3 is 0 Å². The van der Waals surface area contributed by atoms with Crippen LogP contribution in [0.1, 0.15) is 51.0 Å². The minimum Gasteiger partial charge on any atom is -0.357 e. The first-order valence-electron chi connectivity index (χ1n) is 9.22. The first-order valence-corrected chi connectivity index (χ1v) is 9.22. The molecular weight excluding hydrogens is 413 g/mol. The second kappa shape index (κ2) is 9.06. The standard InChI is InChI=1S/C18H31N5.HI/c1-3-19-17(20-11-7-16-13-21-22(2)14-16)23-12-10-18(15-23)8-5-4-6-9-18;/h13-14H,3-12,15H2,1-2H3,(H,19,20);1H. The summed E-state index contributed by atoms with van der Waals surface area (Å²) in [6, 6.07) is 0. The molecule has 3 rings (SSSR count). The predicted octanol–water partition coefficient (Wildman–Crippen LogP) is 3.20. The Kier molecular flexibility index (Phi) is 7.37. The lowest BCUT2D eigenvalue weighted by Gasteiger charge is -2.33. The van der Waals surface area contributed by atoms with Crippen molar-refractivity contribution in [1.29, 1.82) is 0 Å². The molecule has 1 aromatic heterocycles. The summed E-state index contributed by atoms with van der Waals surface area (Å²) in [6.07, 6.45) is 13.4. The highest BCUT2D eigenvalue weighted by molar-refractivity contribution is 14.0. The molecule has 1 aliphatic heterocycles. The Morgan fingerprint density at radius 1 is 1.29 bits per heavy atom. The Balaban J connectivity index is 0.00000208. The summed E-state index contributed by atoms with van der Waals surface area (Å²) in [4.78, 5) is 7.37. The first kappa shape index (κ1) is 19.5. The van der Waals surface area contributed by atoms with Crippen LogP contribution in [-0.2, 0) is 13.5 Å². The van der Waals surface area contributed by atoms with Crippen LogP contribution in [0.5, 0.6) is 0 Å². The lowest BCUT2D eigenvalue weighted by molar-refractivity contribution is 0.203. The fourth-order valence-electron chi connectivity index (χ4n) is 4.14. The smallest absolute Gasteiger partial charge is 0.193 e. The van der Waals surface area contributed by atoms with E-state index in [2.05, 4.69) is 28.4 Å². The van der Waals surface area contributed by atoms with Crippen molar-refractivity contribution in [2.75, 3.05) is 26.2 Å². The van der Waals surface area contributed by atoms with Gasteiger partial charge < -0.3 is 10.2 Å². The first-order chi connectivity index (χ1) is 11.2. The molecule has 0 unspecified atom stereocenters. The number of aliphatic imine (C=N–C) groups is 1. The van der Waals surface area contributed by atoms with Crippen molar-refractivity contribution in [2.45, 2.75) is 51.9 Å². The highest BCUT2D eigenvalue weighted by Gasteiger charge is 2.39. The van der Waals surface area contributed by atoms with E-state index < -0.39 is 0 Å². The normalized spacial score (nSPS) is 20.2. The molecule has 24 heavy (non-hydrogen) atoms. The molecular formula is C18H32IN5. The third kappa shape index (κ3) is 4.86. The Bertz CT molecular complexity index is 533. The Hall–Kier alpha value is -0.790. The van der Waals surface area contributed by atoms with E-state index in [1.807, 2.05) is 17.9 Å². The van der Waals surface area contributed by atoms with Crippen LogP contribution in [0.2, 0.25) is 0 Å². The number of hydrogen-bond acceptors (Lipinski definition) is 2. The molecule has 2 fully saturated rings. The third-order valence-corrected chi connectivity index (χ3v) is 5.41. The van der Waals surface area contributed by atoms with E-state index in [9.17, 15) is 0 Å². The molecule has 1 N–H and O–H groups in total. The summed E-state index contributed by atoms with van der Waals surface area (Å²) in [5, 5.41) is 7.72. The molecule has 1 aromatic rings. The average Bonchev–Trinajstić information content (AvgIpc) is 3.14. The van der Waals surface area contributed by atoms with E-state index in [1.165, 1.54) is 57.2 Å². The number of nitrogens with zero attached hydrogens (tertiary/aromatic N) is 4. The second-order valence-electron chi connectivity index (χ2n) is 7.24. The van der Waals surface area contributed by atoms with Crippen molar-refractivity contribution in [3.63, 3.8) is 0 Å². The van der Waals surface area contributed by atoms with E-state index in [1.54, 1.807) is 0 Å². The van der Waals surface area contributed by atoms with Gasteiger partial charge in [-0.2, -0.15) is 5.10 Å². The maximum absolute atomic E-state index is 4.87. The Labute approximate surface area is 163 Å². The average molecular weight is 445 g/mol.